The van der Waals surface area contributed by atoms with Crippen molar-refractivity contribution >= 4 is 28.8 Å². The Morgan fingerprint density at radius 3 is 2.67 bits per heavy atom. The quantitative estimate of drug-likeness (QED) is 0.844. The number of hydrogen-bond donors (Lipinski definition) is 1. The molecule has 1 amide bonds. The number of nitrogens with one attached hydrogen (secondary N) is 1. The summed E-state index contributed by atoms with van der Waals surface area (Å²) >= 11 is 7.25. The van der Waals surface area contributed by atoms with Gasteiger partial charge in [-0.1, -0.05) is 38.3 Å². The van der Waals surface area contributed by atoms with Gasteiger partial charge in [-0.25, -0.2) is 0 Å². The van der Waals surface area contributed by atoms with Gasteiger partial charge in [-0.3, -0.25) is 4.79 Å². The monoisotopic (exact) mass is 245 g/mol. The van der Waals surface area contributed by atoms with Crippen LogP contribution in [-0.2, 0) is 0 Å². The van der Waals surface area contributed by atoms with E-state index in [0.29, 0.717) is 15.8 Å². The van der Waals surface area contributed by atoms with Crippen molar-refractivity contribution in [2.75, 3.05) is 6.54 Å². The fourth-order valence-electron chi connectivity index (χ4n) is 1.35. The van der Waals surface area contributed by atoms with Crippen molar-refractivity contribution in [1.29, 1.82) is 0 Å². The molecule has 0 aliphatic rings. The summed E-state index contributed by atoms with van der Waals surface area (Å²) in [6.45, 7) is 5.01. The second-order valence-corrected chi connectivity index (χ2v) is 4.81. The topological polar surface area (TPSA) is 29.1 Å². The molecule has 15 heavy (non-hydrogen) atoms. The first-order valence-electron chi connectivity index (χ1n) is 5.20. The Labute approximate surface area is 99.6 Å². The van der Waals surface area contributed by atoms with E-state index in [2.05, 4.69) is 19.2 Å². The number of hydrogen-bond acceptors (Lipinski definition) is 2. The third-order valence-corrected chi connectivity index (χ3v) is 3.87. The van der Waals surface area contributed by atoms with Crippen LogP contribution < -0.4 is 5.32 Å². The van der Waals surface area contributed by atoms with Crippen LogP contribution in [0.5, 0.6) is 0 Å². The van der Waals surface area contributed by atoms with Gasteiger partial charge < -0.3 is 5.32 Å². The molecule has 84 valence electrons. The van der Waals surface area contributed by atoms with Crippen molar-refractivity contribution in [2.24, 2.45) is 5.92 Å². The van der Waals surface area contributed by atoms with Crippen LogP contribution in [-0.4, -0.2) is 12.5 Å². The molecule has 1 aromatic rings. The number of carbonyl (C=O) groups excluding carboxylic acids is 1. The van der Waals surface area contributed by atoms with E-state index in [0.717, 1.165) is 19.4 Å². The smallest absolute Gasteiger partial charge is 0.262 e. The van der Waals surface area contributed by atoms with Crippen LogP contribution >= 0.6 is 22.9 Å². The third-order valence-electron chi connectivity index (χ3n) is 2.53. The summed E-state index contributed by atoms with van der Waals surface area (Å²) in [5, 5.41) is 5.29. The molecule has 4 heteroatoms. The fraction of sp³-hybridized carbons (Fsp3) is 0.545. The molecule has 0 aliphatic heterocycles. The minimum Gasteiger partial charge on any atom is -0.351 e. The molecule has 0 atom stereocenters. The van der Waals surface area contributed by atoms with Crippen LogP contribution in [0.25, 0.3) is 0 Å². The minimum absolute atomic E-state index is 0.0538. The average molecular weight is 246 g/mol. The van der Waals surface area contributed by atoms with Gasteiger partial charge in [0, 0.05) is 6.54 Å². The van der Waals surface area contributed by atoms with Crippen LogP contribution in [0.2, 0.25) is 5.02 Å². The Kier molecular flexibility index (Phi) is 5.12. The Balaban J connectivity index is 2.47. The van der Waals surface area contributed by atoms with Crippen molar-refractivity contribution in [3.8, 4) is 0 Å². The van der Waals surface area contributed by atoms with E-state index in [1.54, 1.807) is 6.07 Å². The molecule has 0 saturated heterocycles. The molecular weight excluding hydrogens is 230 g/mol. The average Bonchev–Trinajstić information content (AvgIpc) is 2.66. The molecule has 1 heterocycles. The molecule has 2 nitrogen and oxygen atoms in total. The van der Waals surface area contributed by atoms with E-state index < -0.39 is 0 Å². The Morgan fingerprint density at radius 1 is 1.53 bits per heavy atom. The SMILES string of the molecule is CCC(CC)CNC(=O)c1sccc1Cl. The molecule has 0 fully saturated rings. The molecule has 1 rings (SSSR count). The van der Waals surface area contributed by atoms with E-state index in [4.69, 9.17) is 11.6 Å². The van der Waals surface area contributed by atoms with Crippen LogP contribution in [0.4, 0.5) is 0 Å². The summed E-state index contributed by atoms with van der Waals surface area (Å²) in [7, 11) is 0. The lowest BCUT2D eigenvalue weighted by molar-refractivity contribution is 0.0950. The highest BCUT2D eigenvalue weighted by Gasteiger charge is 2.12. The number of rotatable bonds is 5. The minimum atomic E-state index is -0.0538. The zero-order valence-electron chi connectivity index (χ0n) is 9.05. The molecule has 0 unspecified atom stereocenters. The summed E-state index contributed by atoms with van der Waals surface area (Å²) in [6.07, 6.45) is 2.18. The van der Waals surface area contributed by atoms with E-state index in [9.17, 15) is 4.79 Å². The van der Waals surface area contributed by atoms with Gasteiger partial charge in [-0.05, 0) is 17.4 Å². The van der Waals surface area contributed by atoms with Crippen LogP contribution in [0.1, 0.15) is 36.4 Å². The maximum absolute atomic E-state index is 11.7. The van der Waals surface area contributed by atoms with E-state index >= 15 is 0 Å². The van der Waals surface area contributed by atoms with Gasteiger partial charge in [-0.15, -0.1) is 11.3 Å². The second-order valence-electron chi connectivity index (χ2n) is 3.49. The van der Waals surface area contributed by atoms with Gasteiger partial charge in [0.1, 0.15) is 4.88 Å². The second kappa shape index (κ2) is 6.13. The van der Waals surface area contributed by atoms with Crippen LogP contribution in [0, 0.1) is 5.92 Å². The summed E-state index contributed by atoms with van der Waals surface area (Å²) < 4.78 is 0. The number of thiophene rings is 1. The van der Waals surface area contributed by atoms with Crippen molar-refractivity contribution in [3.05, 3.63) is 21.3 Å². The highest BCUT2D eigenvalue weighted by Crippen LogP contribution is 2.21. The zero-order valence-corrected chi connectivity index (χ0v) is 10.6. The Morgan fingerprint density at radius 2 is 2.20 bits per heavy atom. The lowest BCUT2D eigenvalue weighted by atomic mass is 10.0. The highest BCUT2D eigenvalue weighted by molar-refractivity contribution is 7.12. The standard InChI is InChI=1S/C11H16ClNOS/c1-3-8(4-2)7-13-11(14)10-9(12)5-6-15-10/h5-6,8H,3-4,7H2,1-2H3,(H,13,14). The molecule has 0 aromatic carbocycles. The van der Waals surface area contributed by atoms with Gasteiger partial charge in [0.05, 0.1) is 5.02 Å². The van der Waals surface area contributed by atoms with Gasteiger partial charge in [0.2, 0.25) is 0 Å². The number of amides is 1. The van der Waals surface area contributed by atoms with Crippen molar-refractivity contribution in [2.45, 2.75) is 26.7 Å². The van der Waals surface area contributed by atoms with Crippen molar-refractivity contribution < 1.29 is 4.79 Å². The predicted octanol–water partition coefficient (Wildman–Crippen LogP) is 3.57. The van der Waals surface area contributed by atoms with Crippen LogP contribution in [0.3, 0.4) is 0 Å². The molecule has 0 aliphatic carbocycles. The van der Waals surface area contributed by atoms with Crippen molar-refractivity contribution in [1.82, 2.24) is 5.32 Å². The zero-order chi connectivity index (χ0) is 11.3. The molecule has 0 spiro atoms. The molecule has 0 saturated carbocycles. The molecule has 0 radical (unpaired) electrons. The van der Waals surface area contributed by atoms with E-state index in [1.807, 2.05) is 5.38 Å². The van der Waals surface area contributed by atoms with E-state index in [-0.39, 0.29) is 5.91 Å². The normalized spacial score (nSPS) is 10.7. The summed E-state index contributed by atoms with van der Waals surface area (Å²) in [5.41, 5.74) is 0. The molecule has 1 N–H and O–H groups in total. The van der Waals surface area contributed by atoms with Crippen LogP contribution in [0.15, 0.2) is 11.4 Å². The first-order valence-corrected chi connectivity index (χ1v) is 6.46. The maximum atomic E-state index is 11.7. The molecule has 0 bridgehead atoms. The maximum Gasteiger partial charge on any atom is 0.262 e. The summed E-state index contributed by atoms with van der Waals surface area (Å²) in [5.74, 6) is 0.509. The molecular formula is C11H16ClNOS. The fourth-order valence-corrected chi connectivity index (χ4v) is 2.41. The lowest BCUT2D eigenvalue weighted by Gasteiger charge is -2.12. The first-order chi connectivity index (χ1) is 7.19. The van der Waals surface area contributed by atoms with Gasteiger partial charge in [0.25, 0.3) is 5.91 Å². The summed E-state index contributed by atoms with van der Waals surface area (Å²) in [6, 6.07) is 1.75. The predicted molar refractivity (Wildman–Crippen MR) is 65.7 cm³/mol. The van der Waals surface area contributed by atoms with E-state index in [1.165, 1.54) is 11.3 Å². The highest BCUT2D eigenvalue weighted by atomic mass is 35.5. The number of carbonyl (C=O) groups is 1. The third kappa shape index (κ3) is 3.50. The Hall–Kier alpha value is -0.540. The van der Waals surface area contributed by atoms with Crippen molar-refractivity contribution in [3.63, 3.8) is 0 Å². The largest absolute Gasteiger partial charge is 0.351 e. The van der Waals surface area contributed by atoms with Gasteiger partial charge >= 0.3 is 0 Å². The van der Waals surface area contributed by atoms with Gasteiger partial charge in [-0.2, -0.15) is 0 Å². The number of halogens is 1. The first kappa shape index (κ1) is 12.5. The lowest BCUT2D eigenvalue weighted by Crippen LogP contribution is -2.28. The van der Waals surface area contributed by atoms with Gasteiger partial charge in [0.15, 0.2) is 0 Å². The summed E-state index contributed by atoms with van der Waals surface area (Å²) in [4.78, 5) is 12.3. The molecule has 1 aromatic heterocycles. The Bertz CT molecular complexity index is 320.